The first-order valence-corrected chi connectivity index (χ1v) is 12.7. The maximum Gasteiger partial charge on any atom is 0.293 e. The average molecular weight is 626 g/mol. The van der Waals surface area contributed by atoms with E-state index in [1.165, 1.54) is 4.90 Å². The van der Waals surface area contributed by atoms with Crippen LogP contribution in [0.2, 0.25) is 10.0 Å². The number of benzene rings is 3. The minimum atomic E-state index is -0.376. The highest BCUT2D eigenvalue weighted by Gasteiger charge is 2.35. The summed E-state index contributed by atoms with van der Waals surface area (Å²) in [6.07, 6.45) is 1.68. The Morgan fingerprint density at radius 2 is 1.82 bits per heavy atom. The number of methoxy groups -OCH3 is 1. The molecule has 3 aromatic carbocycles. The minimum absolute atomic E-state index is 0.0745. The van der Waals surface area contributed by atoms with Crippen LogP contribution in [0.1, 0.15) is 16.7 Å². The van der Waals surface area contributed by atoms with Crippen LogP contribution in [-0.2, 0) is 17.9 Å². The third kappa shape index (κ3) is 5.71. The van der Waals surface area contributed by atoms with Crippen molar-refractivity contribution < 1.29 is 19.1 Å². The second-order valence-electron chi connectivity index (χ2n) is 7.31. The van der Waals surface area contributed by atoms with Crippen LogP contribution in [0.25, 0.3) is 6.08 Å². The molecule has 2 amide bonds. The summed E-state index contributed by atoms with van der Waals surface area (Å²) >= 11 is 15.2. The zero-order valence-electron chi connectivity index (χ0n) is 17.9. The van der Waals surface area contributed by atoms with Crippen molar-refractivity contribution in [1.82, 2.24) is 4.90 Å². The number of thioether (sulfide) groups is 1. The lowest BCUT2D eigenvalue weighted by Gasteiger charge is -2.14. The van der Waals surface area contributed by atoms with Crippen LogP contribution >= 0.6 is 57.6 Å². The average Bonchev–Trinajstić information content (AvgIpc) is 3.07. The summed E-state index contributed by atoms with van der Waals surface area (Å²) in [7, 11) is 1.56. The summed E-state index contributed by atoms with van der Waals surface area (Å²) in [5.41, 5.74) is 2.41. The number of halogens is 3. The van der Waals surface area contributed by atoms with Gasteiger partial charge in [0.25, 0.3) is 11.1 Å². The van der Waals surface area contributed by atoms with Gasteiger partial charge in [-0.3, -0.25) is 14.5 Å². The number of hydrogen-bond acceptors (Lipinski definition) is 5. The molecule has 1 aliphatic heterocycles. The molecule has 0 unspecified atom stereocenters. The van der Waals surface area contributed by atoms with Crippen LogP contribution in [0.3, 0.4) is 0 Å². The molecule has 0 aromatic heterocycles. The molecule has 174 valence electrons. The van der Waals surface area contributed by atoms with Crippen LogP contribution in [0.15, 0.2) is 65.6 Å². The predicted molar refractivity (Wildman–Crippen MR) is 144 cm³/mol. The van der Waals surface area contributed by atoms with Gasteiger partial charge in [-0.05, 0) is 81.4 Å². The number of carbonyl (C=O) groups is 2. The highest BCUT2D eigenvalue weighted by atomic mass is 127. The lowest BCUT2D eigenvalue weighted by atomic mass is 10.1. The molecular weight excluding hydrogens is 608 g/mol. The Labute approximate surface area is 225 Å². The van der Waals surface area contributed by atoms with Crippen LogP contribution in [-0.4, -0.2) is 23.2 Å². The second kappa shape index (κ2) is 11.0. The fourth-order valence-corrected chi connectivity index (χ4v) is 5.39. The van der Waals surface area contributed by atoms with Crippen LogP contribution in [0.4, 0.5) is 4.79 Å². The first-order chi connectivity index (χ1) is 16.4. The molecule has 0 saturated carbocycles. The Kier molecular flexibility index (Phi) is 8.08. The van der Waals surface area contributed by atoms with Crippen molar-refractivity contribution in [3.8, 4) is 11.5 Å². The van der Waals surface area contributed by atoms with E-state index >= 15 is 0 Å². The van der Waals surface area contributed by atoms with E-state index in [2.05, 4.69) is 22.6 Å². The zero-order chi connectivity index (χ0) is 24.2. The smallest absolute Gasteiger partial charge is 0.293 e. The number of amides is 2. The Morgan fingerprint density at radius 1 is 1.06 bits per heavy atom. The van der Waals surface area contributed by atoms with Gasteiger partial charge < -0.3 is 9.47 Å². The monoisotopic (exact) mass is 625 g/mol. The summed E-state index contributed by atoms with van der Waals surface area (Å²) in [5.74, 6) is 0.787. The SMILES string of the molecule is COc1cc(/C=C2/SC(=O)N(Cc3ccc(Cl)cc3Cl)C2=O)cc(I)c1OCc1ccccc1. The molecule has 0 radical (unpaired) electrons. The van der Waals surface area contributed by atoms with Crippen LogP contribution < -0.4 is 9.47 Å². The van der Waals surface area contributed by atoms with Gasteiger partial charge in [-0.2, -0.15) is 0 Å². The maximum atomic E-state index is 13.0. The summed E-state index contributed by atoms with van der Waals surface area (Å²) in [6.45, 7) is 0.476. The Balaban J connectivity index is 1.54. The number of rotatable bonds is 7. The molecule has 4 rings (SSSR count). The number of carbonyl (C=O) groups excluding carboxylic acids is 2. The number of nitrogens with zero attached hydrogens (tertiary/aromatic N) is 1. The predicted octanol–water partition coefficient (Wildman–Crippen LogP) is 7.42. The molecule has 1 saturated heterocycles. The molecule has 34 heavy (non-hydrogen) atoms. The zero-order valence-corrected chi connectivity index (χ0v) is 22.4. The van der Waals surface area contributed by atoms with Gasteiger partial charge in [0, 0.05) is 10.0 Å². The molecule has 1 aliphatic rings. The molecule has 3 aromatic rings. The van der Waals surface area contributed by atoms with Gasteiger partial charge in [-0.25, -0.2) is 0 Å². The first-order valence-electron chi connectivity index (χ1n) is 10.1. The standard InChI is InChI=1S/C25H18Cl2INO4S/c1-32-21-10-16(9-20(28)23(21)33-14-15-5-3-2-4-6-15)11-22-24(30)29(25(31)34-22)13-17-7-8-18(26)12-19(17)27/h2-12H,13-14H2,1H3/b22-11+. The van der Waals surface area contributed by atoms with Gasteiger partial charge in [0.2, 0.25) is 0 Å². The van der Waals surface area contributed by atoms with E-state index in [-0.39, 0.29) is 17.7 Å². The van der Waals surface area contributed by atoms with Crippen molar-refractivity contribution in [3.05, 3.63) is 95.9 Å². The van der Waals surface area contributed by atoms with Gasteiger partial charge in [0.05, 0.1) is 22.1 Å². The van der Waals surface area contributed by atoms with E-state index in [0.29, 0.717) is 38.6 Å². The first kappa shape index (κ1) is 24.9. The molecule has 0 N–H and O–H groups in total. The fraction of sp³-hybridized carbons (Fsp3) is 0.120. The van der Waals surface area contributed by atoms with E-state index < -0.39 is 0 Å². The number of imide groups is 1. The molecule has 9 heteroatoms. The van der Waals surface area contributed by atoms with E-state index in [1.807, 2.05) is 36.4 Å². The lowest BCUT2D eigenvalue weighted by molar-refractivity contribution is -0.123. The Morgan fingerprint density at radius 3 is 2.53 bits per heavy atom. The third-order valence-electron chi connectivity index (χ3n) is 4.99. The van der Waals surface area contributed by atoms with Crippen LogP contribution in [0.5, 0.6) is 11.5 Å². The van der Waals surface area contributed by atoms with Crippen molar-refractivity contribution in [1.29, 1.82) is 0 Å². The fourth-order valence-electron chi connectivity index (χ4n) is 3.30. The van der Waals surface area contributed by atoms with E-state index in [9.17, 15) is 9.59 Å². The summed E-state index contributed by atoms with van der Waals surface area (Å²) < 4.78 is 12.4. The highest BCUT2D eigenvalue weighted by Crippen LogP contribution is 2.38. The molecule has 0 bridgehead atoms. The van der Waals surface area contributed by atoms with Crippen molar-refractivity contribution in [2.75, 3.05) is 7.11 Å². The largest absolute Gasteiger partial charge is 0.493 e. The number of ether oxygens (including phenoxy) is 2. The van der Waals surface area contributed by atoms with Crippen molar-refractivity contribution >= 4 is 74.8 Å². The third-order valence-corrected chi connectivity index (χ3v) is 7.29. The van der Waals surface area contributed by atoms with Crippen LogP contribution in [0, 0.1) is 3.57 Å². The van der Waals surface area contributed by atoms with E-state index in [1.54, 1.807) is 37.5 Å². The molecule has 0 atom stereocenters. The topological polar surface area (TPSA) is 55.8 Å². The highest BCUT2D eigenvalue weighted by molar-refractivity contribution is 14.1. The van der Waals surface area contributed by atoms with Gasteiger partial charge >= 0.3 is 0 Å². The van der Waals surface area contributed by atoms with Gasteiger partial charge in [-0.1, -0.05) is 59.6 Å². The Hall–Kier alpha value is -2.20. The molecular formula is C25H18Cl2INO4S. The molecule has 1 heterocycles. The lowest BCUT2D eigenvalue weighted by Crippen LogP contribution is -2.27. The van der Waals surface area contributed by atoms with E-state index in [4.69, 9.17) is 32.7 Å². The summed E-state index contributed by atoms with van der Waals surface area (Å²) in [5, 5.41) is 0.537. The molecule has 1 fully saturated rings. The summed E-state index contributed by atoms with van der Waals surface area (Å²) in [4.78, 5) is 27.0. The molecule has 0 spiro atoms. The van der Waals surface area contributed by atoms with Crippen molar-refractivity contribution in [2.45, 2.75) is 13.2 Å². The Bertz CT molecular complexity index is 1280. The normalized spacial score (nSPS) is 14.7. The van der Waals surface area contributed by atoms with Crippen molar-refractivity contribution in [3.63, 3.8) is 0 Å². The molecule has 0 aliphatic carbocycles. The van der Waals surface area contributed by atoms with Crippen molar-refractivity contribution in [2.24, 2.45) is 0 Å². The quantitative estimate of drug-likeness (QED) is 0.202. The van der Waals surface area contributed by atoms with E-state index in [0.717, 1.165) is 26.5 Å². The second-order valence-corrected chi connectivity index (χ2v) is 10.3. The van der Waals surface area contributed by atoms with Gasteiger partial charge in [0.1, 0.15) is 6.61 Å². The molecule has 5 nitrogen and oxygen atoms in total. The summed E-state index contributed by atoms with van der Waals surface area (Å²) in [6, 6.07) is 18.5. The van der Waals surface area contributed by atoms with Gasteiger partial charge in [0.15, 0.2) is 11.5 Å². The number of hydrogen-bond donors (Lipinski definition) is 0. The van der Waals surface area contributed by atoms with Gasteiger partial charge in [-0.15, -0.1) is 0 Å². The maximum absolute atomic E-state index is 13.0. The minimum Gasteiger partial charge on any atom is -0.493 e.